The molecule has 0 unspecified atom stereocenters. The summed E-state index contributed by atoms with van der Waals surface area (Å²) in [5, 5.41) is 32.9. The molecular weight excluding hydrogens is 1310 g/mol. The number of rotatable bonds is 18. The Kier molecular flexibility index (Phi) is 33.1. The number of hydrogen-bond acceptors (Lipinski definition) is 15. The molecule has 12 amide bonds. The summed E-state index contributed by atoms with van der Waals surface area (Å²) in [6, 6.07) is -5.52. The highest BCUT2D eigenvalue weighted by Crippen LogP contribution is 2.30. The minimum atomic E-state index is -1.69. The first-order valence-corrected chi connectivity index (χ1v) is 37.3. The van der Waals surface area contributed by atoms with E-state index < -0.39 is 162 Å². The second-order valence-corrected chi connectivity index (χ2v) is 31.4. The second kappa shape index (κ2) is 39.6. The van der Waals surface area contributed by atoms with Gasteiger partial charge in [-0.25, -0.2) is 0 Å². The van der Waals surface area contributed by atoms with Crippen LogP contribution in [0.1, 0.15) is 179 Å². The van der Waals surface area contributed by atoms with Crippen LogP contribution in [0.3, 0.4) is 0 Å². The summed E-state index contributed by atoms with van der Waals surface area (Å²) in [4.78, 5) is 193. The number of piperidine rings is 2. The number of amides is 12. The van der Waals surface area contributed by atoms with E-state index >= 15 is 52.7 Å². The molecule has 27 heteroatoms. The number of aliphatic hydroxyl groups is 2. The summed E-state index contributed by atoms with van der Waals surface area (Å²) in [7, 11) is 7.11. The Hall–Kier alpha value is -7.26. The Morgan fingerprint density at radius 2 is 1.01 bits per heavy atom. The highest BCUT2D eigenvalue weighted by atomic mass is 16.5. The van der Waals surface area contributed by atoms with E-state index in [1.165, 1.54) is 71.6 Å². The van der Waals surface area contributed by atoms with Crippen LogP contribution in [-0.4, -0.2) is 274 Å². The monoisotopic (exact) mass is 1430 g/mol. The fourth-order valence-corrected chi connectivity index (χ4v) is 14.6. The molecule has 27 nitrogen and oxygen atoms in total. The fraction of sp³-hybridized carbons (Fsp3) is 0.760. The van der Waals surface area contributed by atoms with E-state index in [0.29, 0.717) is 44.3 Å². The van der Waals surface area contributed by atoms with Crippen molar-refractivity contribution in [3.63, 3.8) is 0 Å². The molecule has 5 rings (SSSR count). The number of carbonyl (C=O) groups excluding carboxylic acids is 12. The number of fused-ring (bicyclic) bond motifs is 2. The van der Waals surface area contributed by atoms with E-state index in [4.69, 9.17) is 4.74 Å². The van der Waals surface area contributed by atoms with E-state index in [1.807, 2.05) is 69.2 Å². The van der Waals surface area contributed by atoms with Crippen LogP contribution in [0, 0.1) is 35.5 Å². The van der Waals surface area contributed by atoms with Gasteiger partial charge in [0, 0.05) is 74.3 Å². The van der Waals surface area contributed by atoms with E-state index in [1.54, 1.807) is 49.1 Å². The molecule has 13 atom stereocenters. The Labute approximate surface area is 606 Å². The SMILES string of the molecule is CC(C)C[C@@H]1NC(=O)[C@@H]2CCCCN2C(=O)[C@H](Cc2ccccc2)NC(=O)[C@H](C(C)C)N(C)C(=O)[C@H](CC(C)C)N(C)C(=O)[C@H]([C@@H](C)O)NC(=O)[C@H](CC(C)C)N(C)C(=O)[C@@H]2C[C@@H](OCCO)CN2C(=O)[C@H](CC(C)C)N(C)C(=O)[C@@H](CC(C)C)N(C)C(=O)C[C@@H](C(=O)N2CCCCC2)NC1=O. The molecule has 4 aliphatic rings. The van der Waals surface area contributed by atoms with Crippen molar-refractivity contribution in [3.8, 4) is 0 Å². The molecule has 0 radical (unpaired) electrons. The fourth-order valence-electron chi connectivity index (χ4n) is 14.6. The first-order valence-electron chi connectivity index (χ1n) is 37.3. The lowest BCUT2D eigenvalue weighted by molar-refractivity contribution is -0.155. The summed E-state index contributed by atoms with van der Waals surface area (Å²) >= 11 is 0. The van der Waals surface area contributed by atoms with Crippen LogP contribution in [-0.2, 0) is 68.7 Å². The first kappa shape index (κ1) is 85.4. The minimum absolute atomic E-state index is 0.0274. The topological polar surface area (TPSA) is 329 Å². The van der Waals surface area contributed by atoms with Crippen molar-refractivity contribution in [2.45, 2.75) is 259 Å². The lowest BCUT2D eigenvalue weighted by Gasteiger charge is -2.40. The molecule has 1 aromatic rings. The molecule has 1 aromatic carbocycles. The second-order valence-electron chi connectivity index (χ2n) is 31.4. The van der Waals surface area contributed by atoms with E-state index in [9.17, 15) is 15.0 Å². The lowest BCUT2D eigenvalue weighted by Crippen LogP contribution is -2.63. The van der Waals surface area contributed by atoms with Crippen LogP contribution < -0.4 is 21.3 Å². The minimum Gasteiger partial charge on any atom is -0.394 e. The average Bonchev–Trinajstić information content (AvgIpc) is 1.48. The van der Waals surface area contributed by atoms with Gasteiger partial charge >= 0.3 is 0 Å². The Morgan fingerprint density at radius 3 is 1.56 bits per heavy atom. The molecule has 0 aromatic heterocycles. The van der Waals surface area contributed by atoms with E-state index in [-0.39, 0.29) is 107 Å². The van der Waals surface area contributed by atoms with Crippen molar-refractivity contribution >= 4 is 70.9 Å². The van der Waals surface area contributed by atoms with E-state index in [0.717, 1.165) is 11.3 Å². The Bertz CT molecular complexity index is 3010. The highest BCUT2D eigenvalue weighted by molar-refractivity contribution is 6.00. The maximum Gasteiger partial charge on any atom is 0.248 e. The summed E-state index contributed by atoms with van der Waals surface area (Å²) in [6.45, 7) is 23.5. The highest BCUT2D eigenvalue weighted by Gasteiger charge is 2.49. The maximum absolute atomic E-state index is 15.6. The largest absolute Gasteiger partial charge is 0.394 e. The molecule has 0 spiro atoms. The predicted molar refractivity (Wildman–Crippen MR) is 386 cm³/mol. The number of ether oxygens (including phenoxy) is 1. The molecule has 0 aliphatic carbocycles. The maximum atomic E-state index is 15.6. The van der Waals surface area contributed by atoms with Crippen LogP contribution >= 0.6 is 0 Å². The van der Waals surface area contributed by atoms with Crippen molar-refractivity contribution in [3.05, 3.63) is 35.9 Å². The number of carbonyl (C=O) groups is 12. The third-order valence-corrected chi connectivity index (χ3v) is 20.2. The molecule has 6 N–H and O–H groups in total. The molecule has 0 saturated carbocycles. The zero-order chi connectivity index (χ0) is 76.3. The van der Waals surface area contributed by atoms with Crippen LogP contribution in [0.15, 0.2) is 30.3 Å². The third kappa shape index (κ3) is 23.1. The zero-order valence-electron chi connectivity index (χ0n) is 64.3. The number of nitrogens with zero attached hydrogens (tertiary/aromatic N) is 8. The Balaban J connectivity index is 1.72. The lowest BCUT2D eigenvalue weighted by atomic mass is 9.95. The van der Waals surface area contributed by atoms with Crippen molar-refractivity contribution in [1.82, 2.24) is 60.5 Å². The summed E-state index contributed by atoms with van der Waals surface area (Å²) in [5.74, 6) is -9.94. The standard InChI is InChI=1S/C75H124N12O15/c1-44(2)35-53-65(91)77-55(69(95)85-30-24-20-25-31-85)42-62(90)80(14)58(37-46(5)6)71(97)82(16)60(39-48(9)10)74(100)87-43-52(102-34-33-88)41-61(87)73(99)81(15)57(36-45(3)4)67(93)79-63(50(13)89)75(101)83(17)59(38-47(7)8)72(98)84(18)64(49(11)12)68(94)78-54(40-51-27-21-19-22-28-51)70(96)86-32-26-23-29-56(86)66(92)76-53/h19,21-22,27-28,44-50,52-61,63-64,88-89H,20,23-26,29-43H2,1-18H3,(H,76,92)(H,77,91)(H,78,94)(H,79,93)/t50-,52-,53+,54+,55+,56+,57+,58-,59+,60+,61+,63+,64+/m1/s1. The van der Waals surface area contributed by atoms with Crippen molar-refractivity contribution in [2.24, 2.45) is 35.5 Å². The number of aliphatic hydroxyl groups excluding tert-OH is 2. The molecule has 0 bridgehead atoms. The molecule has 4 fully saturated rings. The molecule has 4 heterocycles. The number of hydrogen-bond donors (Lipinski definition) is 6. The summed E-state index contributed by atoms with van der Waals surface area (Å²) in [6.07, 6.45) is 0.770. The van der Waals surface area contributed by atoms with Crippen LogP contribution in [0.4, 0.5) is 0 Å². The molecule has 102 heavy (non-hydrogen) atoms. The van der Waals surface area contributed by atoms with E-state index in [2.05, 4.69) is 21.3 Å². The van der Waals surface area contributed by atoms with Gasteiger partial charge < -0.3 is 75.4 Å². The number of likely N-dealkylation sites (N-methyl/N-ethyl adjacent to an activating group) is 5. The third-order valence-electron chi connectivity index (χ3n) is 20.2. The quantitative estimate of drug-likeness (QED) is 0.123. The first-order chi connectivity index (χ1) is 47.9. The van der Waals surface area contributed by atoms with Crippen LogP contribution in [0.2, 0.25) is 0 Å². The van der Waals surface area contributed by atoms with Gasteiger partial charge in [-0.3, -0.25) is 57.5 Å². The van der Waals surface area contributed by atoms with Gasteiger partial charge in [-0.1, -0.05) is 113 Å². The van der Waals surface area contributed by atoms with Gasteiger partial charge in [0.05, 0.1) is 31.8 Å². The Morgan fingerprint density at radius 1 is 0.500 bits per heavy atom. The van der Waals surface area contributed by atoms with Gasteiger partial charge in [0.2, 0.25) is 70.9 Å². The zero-order valence-corrected chi connectivity index (χ0v) is 64.3. The van der Waals surface area contributed by atoms with Gasteiger partial charge in [-0.15, -0.1) is 0 Å². The summed E-state index contributed by atoms with van der Waals surface area (Å²) < 4.78 is 6.01. The average molecular weight is 1430 g/mol. The van der Waals surface area contributed by atoms with Gasteiger partial charge in [-0.2, -0.15) is 0 Å². The van der Waals surface area contributed by atoms with Gasteiger partial charge in [0.1, 0.15) is 66.5 Å². The van der Waals surface area contributed by atoms with Gasteiger partial charge in [-0.05, 0) is 119 Å². The number of nitrogens with one attached hydrogen (secondary N) is 4. The summed E-state index contributed by atoms with van der Waals surface area (Å²) in [5.41, 5.74) is 0.673. The van der Waals surface area contributed by atoms with Gasteiger partial charge in [0.25, 0.3) is 0 Å². The molecular formula is C75H124N12O15. The van der Waals surface area contributed by atoms with Crippen LogP contribution in [0.25, 0.3) is 0 Å². The predicted octanol–water partition coefficient (Wildman–Crippen LogP) is 3.35. The number of benzene rings is 1. The van der Waals surface area contributed by atoms with Crippen molar-refractivity contribution < 1.29 is 72.5 Å². The normalized spacial score (nSPS) is 27.6. The molecule has 4 aliphatic heterocycles. The molecule has 4 saturated heterocycles. The smallest absolute Gasteiger partial charge is 0.248 e. The molecule has 574 valence electrons. The van der Waals surface area contributed by atoms with Crippen molar-refractivity contribution in [2.75, 3.05) is 74.6 Å². The van der Waals surface area contributed by atoms with Crippen LogP contribution in [0.5, 0.6) is 0 Å². The number of likely N-dealkylation sites (tertiary alicyclic amines) is 1. The van der Waals surface area contributed by atoms with Gasteiger partial charge in [0.15, 0.2) is 0 Å². The van der Waals surface area contributed by atoms with Crippen molar-refractivity contribution in [1.29, 1.82) is 0 Å².